The van der Waals surface area contributed by atoms with Crippen LogP contribution < -0.4 is 0 Å². The van der Waals surface area contributed by atoms with Gasteiger partial charge in [-0.05, 0) is 30.5 Å². The molecule has 1 aromatic rings. The van der Waals surface area contributed by atoms with E-state index in [0.29, 0.717) is 12.5 Å². The van der Waals surface area contributed by atoms with Gasteiger partial charge in [0.05, 0.1) is 17.7 Å². The quantitative estimate of drug-likeness (QED) is 0.735. The number of hydrogen-bond donors (Lipinski definition) is 1. The molecule has 1 atom stereocenters. The van der Waals surface area contributed by atoms with Crippen molar-refractivity contribution in [3.05, 3.63) is 35.4 Å². The highest BCUT2D eigenvalue weighted by atomic mass is 16.5. The minimum absolute atomic E-state index is 0.0949. The first-order valence-corrected chi connectivity index (χ1v) is 7.08. The summed E-state index contributed by atoms with van der Waals surface area (Å²) in [6.45, 7) is 4.61. The molecule has 0 aromatic heterocycles. The van der Waals surface area contributed by atoms with Gasteiger partial charge >= 0.3 is 11.9 Å². The van der Waals surface area contributed by atoms with Crippen LogP contribution in [0, 0.1) is 5.92 Å². The van der Waals surface area contributed by atoms with Crippen molar-refractivity contribution in [2.75, 3.05) is 6.61 Å². The number of benzene rings is 1. The van der Waals surface area contributed by atoms with E-state index in [4.69, 9.17) is 9.84 Å². The van der Waals surface area contributed by atoms with Crippen molar-refractivity contribution in [2.24, 2.45) is 5.92 Å². The van der Waals surface area contributed by atoms with Gasteiger partial charge in [0.2, 0.25) is 0 Å². The number of hydrogen-bond acceptors (Lipinski definition) is 3. The Morgan fingerprint density at radius 3 is 2.55 bits per heavy atom. The summed E-state index contributed by atoms with van der Waals surface area (Å²) >= 11 is 0. The molecular weight excluding hydrogens is 256 g/mol. The van der Waals surface area contributed by atoms with E-state index < -0.39 is 11.9 Å². The number of esters is 1. The van der Waals surface area contributed by atoms with Gasteiger partial charge in [0, 0.05) is 0 Å². The van der Waals surface area contributed by atoms with Crippen LogP contribution >= 0.6 is 0 Å². The molecule has 0 fully saturated rings. The molecule has 1 rings (SSSR count). The largest absolute Gasteiger partial charge is 0.478 e. The Kier molecular flexibility index (Phi) is 6.77. The standard InChI is InChI=1S/C16H22O4/c1-3-5-7-12(4-2)11-20-16(19)14-9-6-8-13(10-14)15(17)18/h6,8-10,12H,3-5,7,11H2,1-2H3,(H,17,18). The molecule has 0 aliphatic rings. The maximum absolute atomic E-state index is 11.9. The van der Waals surface area contributed by atoms with E-state index in [2.05, 4.69) is 13.8 Å². The number of aromatic carboxylic acids is 1. The lowest BCUT2D eigenvalue weighted by atomic mass is 10.0. The molecule has 0 aliphatic carbocycles. The lowest BCUT2D eigenvalue weighted by Gasteiger charge is -2.14. The third kappa shape index (κ3) is 5.03. The second-order valence-corrected chi connectivity index (χ2v) is 4.90. The first-order chi connectivity index (χ1) is 9.58. The van der Waals surface area contributed by atoms with Crippen molar-refractivity contribution in [2.45, 2.75) is 39.5 Å². The van der Waals surface area contributed by atoms with E-state index in [1.165, 1.54) is 12.1 Å². The van der Waals surface area contributed by atoms with E-state index >= 15 is 0 Å². The molecule has 1 unspecified atom stereocenters. The number of carbonyl (C=O) groups is 2. The highest BCUT2D eigenvalue weighted by molar-refractivity contribution is 5.94. The number of rotatable bonds is 8. The van der Waals surface area contributed by atoms with Crippen molar-refractivity contribution >= 4 is 11.9 Å². The van der Waals surface area contributed by atoms with Gasteiger partial charge in [-0.2, -0.15) is 0 Å². The molecule has 20 heavy (non-hydrogen) atoms. The molecular formula is C16H22O4. The van der Waals surface area contributed by atoms with Crippen LogP contribution in [-0.4, -0.2) is 23.7 Å². The number of carboxylic acids is 1. The summed E-state index contributed by atoms with van der Waals surface area (Å²) in [6.07, 6.45) is 4.29. The highest BCUT2D eigenvalue weighted by Gasteiger charge is 2.13. The second-order valence-electron chi connectivity index (χ2n) is 4.90. The lowest BCUT2D eigenvalue weighted by molar-refractivity contribution is 0.0428. The SMILES string of the molecule is CCCCC(CC)COC(=O)c1cccc(C(=O)O)c1. The van der Waals surface area contributed by atoms with Crippen molar-refractivity contribution in [1.82, 2.24) is 0 Å². The summed E-state index contributed by atoms with van der Waals surface area (Å²) in [6, 6.07) is 5.92. The average Bonchev–Trinajstić information content (AvgIpc) is 2.47. The molecule has 0 heterocycles. The van der Waals surface area contributed by atoms with Crippen molar-refractivity contribution in [3.63, 3.8) is 0 Å². The van der Waals surface area contributed by atoms with Crippen LogP contribution in [0.25, 0.3) is 0 Å². The minimum Gasteiger partial charge on any atom is -0.478 e. The van der Waals surface area contributed by atoms with Crippen LogP contribution in [0.5, 0.6) is 0 Å². The van der Waals surface area contributed by atoms with Crippen molar-refractivity contribution < 1.29 is 19.4 Å². The molecule has 0 bridgehead atoms. The van der Waals surface area contributed by atoms with E-state index in [0.717, 1.165) is 25.7 Å². The first-order valence-electron chi connectivity index (χ1n) is 7.08. The summed E-state index contributed by atoms with van der Waals surface area (Å²) in [7, 11) is 0. The van der Waals surface area contributed by atoms with Crippen molar-refractivity contribution in [3.8, 4) is 0 Å². The Bertz CT molecular complexity index is 454. The zero-order valence-electron chi connectivity index (χ0n) is 12.1. The smallest absolute Gasteiger partial charge is 0.338 e. The number of ether oxygens (including phenoxy) is 1. The van der Waals surface area contributed by atoms with E-state index in [9.17, 15) is 9.59 Å². The van der Waals surface area contributed by atoms with Crippen molar-refractivity contribution in [1.29, 1.82) is 0 Å². The van der Waals surface area contributed by atoms with Crippen LogP contribution in [0.15, 0.2) is 24.3 Å². The third-order valence-electron chi connectivity index (χ3n) is 3.34. The molecule has 0 aliphatic heterocycles. The van der Waals surface area contributed by atoms with Gasteiger partial charge in [-0.15, -0.1) is 0 Å². The summed E-state index contributed by atoms with van der Waals surface area (Å²) in [5, 5.41) is 8.89. The Hall–Kier alpha value is -1.84. The molecule has 0 spiro atoms. The maximum Gasteiger partial charge on any atom is 0.338 e. The normalized spacial score (nSPS) is 11.9. The fourth-order valence-electron chi connectivity index (χ4n) is 1.95. The van der Waals surface area contributed by atoms with Gasteiger partial charge in [-0.25, -0.2) is 9.59 Å². The van der Waals surface area contributed by atoms with Gasteiger partial charge in [-0.1, -0.05) is 39.2 Å². The monoisotopic (exact) mass is 278 g/mol. The molecule has 0 amide bonds. The second kappa shape index (κ2) is 8.35. The Morgan fingerprint density at radius 1 is 1.25 bits per heavy atom. The Morgan fingerprint density at radius 2 is 1.95 bits per heavy atom. The minimum atomic E-state index is -1.05. The average molecular weight is 278 g/mol. The van der Waals surface area contributed by atoms with Gasteiger partial charge in [0.15, 0.2) is 0 Å². The molecule has 110 valence electrons. The van der Waals surface area contributed by atoms with Gasteiger partial charge in [0.25, 0.3) is 0 Å². The molecule has 4 heteroatoms. The molecule has 1 aromatic carbocycles. The van der Waals surface area contributed by atoms with E-state index in [1.54, 1.807) is 12.1 Å². The molecule has 4 nitrogen and oxygen atoms in total. The number of carbonyl (C=O) groups excluding carboxylic acids is 1. The van der Waals surface area contributed by atoms with Gasteiger partial charge in [-0.3, -0.25) is 0 Å². The molecule has 0 radical (unpaired) electrons. The third-order valence-corrected chi connectivity index (χ3v) is 3.34. The topological polar surface area (TPSA) is 63.6 Å². The van der Waals surface area contributed by atoms with Gasteiger partial charge in [0.1, 0.15) is 0 Å². The fourth-order valence-corrected chi connectivity index (χ4v) is 1.95. The lowest BCUT2D eigenvalue weighted by Crippen LogP contribution is -2.14. The molecule has 0 saturated carbocycles. The predicted octanol–water partition coefficient (Wildman–Crippen LogP) is 3.76. The summed E-state index contributed by atoms with van der Waals surface area (Å²) in [5.41, 5.74) is 0.382. The van der Waals surface area contributed by atoms with E-state index in [-0.39, 0.29) is 11.1 Å². The summed E-state index contributed by atoms with van der Waals surface area (Å²) in [4.78, 5) is 22.8. The zero-order valence-corrected chi connectivity index (χ0v) is 12.1. The predicted molar refractivity (Wildman–Crippen MR) is 77.0 cm³/mol. The fraction of sp³-hybridized carbons (Fsp3) is 0.500. The molecule has 1 N–H and O–H groups in total. The highest BCUT2D eigenvalue weighted by Crippen LogP contribution is 2.14. The first kappa shape index (κ1) is 16.2. The van der Waals surface area contributed by atoms with Crippen LogP contribution in [-0.2, 0) is 4.74 Å². The molecule has 0 saturated heterocycles. The summed E-state index contributed by atoms with van der Waals surface area (Å²) in [5.74, 6) is -1.13. The van der Waals surface area contributed by atoms with Crippen LogP contribution in [0.2, 0.25) is 0 Å². The van der Waals surface area contributed by atoms with Crippen LogP contribution in [0.4, 0.5) is 0 Å². The zero-order chi connectivity index (χ0) is 15.0. The van der Waals surface area contributed by atoms with E-state index in [1.807, 2.05) is 0 Å². The number of unbranched alkanes of at least 4 members (excludes halogenated alkanes) is 1. The van der Waals surface area contributed by atoms with Gasteiger partial charge < -0.3 is 9.84 Å². The maximum atomic E-state index is 11.9. The van der Waals surface area contributed by atoms with Crippen LogP contribution in [0.1, 0.15) is 60.2 Å². The Labute approximate surface area is 119 Å². The summed E-state index contributed by atoms with van der Waals surface area (Å²) < 4.78 is 5.28. The number of carboxylic acid groups (broad SMARTS) is 1. The Balaban J connectivity index is 2.57. The van der Waals surface area contributed by atoms with Crippen LogP contribution in [0.3, 0.4) is 0 Å².